The van der Waals surface area contributed by atoms with E-state index in [2.05, 4.69) is 75.4 Å². The fourth-order valence-corrected chi connectivity index (χ4v) is 10.4. The minimum absolute atomic E-state index is 0.0665. The zero-order chi connectivity index (χ0) is 42.3. The second kappa shape index (κ2) is 16.4. The molecule has 0 radical (unpaired) electrons. The predicted octanol–water partition coefficient (Wildman–Crippen LogP) is 7.10. The van der Waals surface area contributed by atoms with Gasteiger partial charge in [0.05, 0.1) is 40.9 Å². The lowest BCUT2D eigenvalue weighted by molar-refractivity contribution is -0.142. The lowest BCUT2D eigenvalue weighted by Crippen LogP contribution is -2.63. The van der Waals surface area contributed by atoms with Crippen molar-refractivity contribution in [2.24, 2.45) is 16.7 Å². The second-order valence-corrected chi connectivity index (χ2v) is 19.1. The van der Waals surface area contributed by atoms with Crippen LogP contribution in [0.25, 0.3) is 21.6 Å². The maximum absolute atomic E-state index is 14.2. The van der Waals surface area contributed by atoms with Crippen molar-refractivity contribution in [1.29, 1.82) is 0 Å². The number of hydrogen-bond donors (Lipinski definition) is 2. The Morgan fingerprint density at radius 1 is 0.933 bits per heavy atom. The first-order chi connectivity index (χ1) is 28.7. The van der Waals surface area contributed by atoms with Gasteiger partial charge in [-0.2, -0.15) is 5.10 Å². The van der Waals surface area contributed by atoms with E-state index in [-0.39, 0.29) is 46.6 Å². The molecule has 14 heteroatoms. The van der Waals surface area contributed by atoms with Crippen LogP contribution in [0.2, 0.25) is 0 Å². The fourth-order valence-electron chi connectivity index (χ4n) is 9.62. The molecule has 0 spiro atoms. The molecule has 1 aliphatic carbocycles. The number of amides is 3. The molecule has 2 N–H and O–H groups in total. The lowest BCUT2D eigenvalue weighted by atomic mass is 9.52. The van der Waals surface area contributed by atoms with Gasteiger partial charge in [0.1, 0.15) is 24.0 Å². The zero-order valence-electron chi connectivity index (χ0n) is 35.5. The van der Waals surface area contributed by atoms with Crippen molar-refractivity contribution in [2.45, 2.75) is 98.5 Å². The number of benzene rings is 1. The van der Waals surface area contributed by atoms with Crippen molar-refractivity contribution in [3.05, 3.63) is 95.6 Å². The van der Waals surface area contributed by atoms with E-state index in [1.807, 2.05) is 68.9 Å². The average Bonchev–Trinajstić information content (AvgIpc) is 3.99. The summed E-state index contributed by atoms with van der Waals surface area (Å²) < 4.78 is 7.99. The smallest absolute Gasteiger partial charge is 0.253 e. The van der Waals surface area contributed by atoms with Gasteiger partial charge in [0.2, 0.25) is 17.7 Å². The number of thiazole rings is 1. The summed E-state index contributed by atoms with van der Waals surface area (Å²) >= 11 is 1.61. The molecule has 60 heavy (non-hydrogen) atoms. The van der Waals surface area contributed by atoms with Crippen molar-refractivity contribution < 1.29 is 19.1 Å². The van der Waals surface area contributed by atoms with Gasteiger partial charge in [-0.15, -0.1) is 11.3 Å². The summed E-state index contributed by atoms with van der Waals surface area (Å²) in [6, 6.07) is 14.7. The first-order valence-corrected chi connectivity index (χ1v) is 21.8. The summed E-state index contributed by atoms with van der Waals surface area (Å²) in [5, 5.41) is 11.0. The number of hydrogen-bond acceptors (Lipinski definition) is 10. The molecule has 3 fully saturated rings. The van der Waals surface area contributed by atoms with Gasteiger partial charge in [0.15, 0.2) is 0 Å². The van der Waals surface area contributed by atoms with E-state index in [1.54, 1.807) is 39.5 Å². The van der Waals surface area contributed by atoms with Gasteiger partial charge >= 0.3 is 0 Å². The number of likely N-dealkylation sites (tertiary alicyclic amines) is 1. The molecule has 3 aliphatic rings. The van der Waals surface area contributed by atoms with Gasteiger partial charge in [-0.1, -0.05) is 65.8 Å². The van der Waals surface area contributed by atoms with Crippen LogP contribution in [-0.4, -0.2) is 85.2 Å². The van der Waals surface area contributed by atoms with Crippen LogP contribution in [0.15, 0.2) is 78.8 Å². The number of carbonyl (C=O) groups is 3. The van der Waals surface area contributed by atoms with E-state index < -0.39 is 12.1 Å². The number of aryl methyl sites for hydroxylation is 1. The molecule has 1 aromatic carbocycles. The van der Waals surface area contributed by atoms with E-state index in [0.29, 0.717) is 44.0 Å². The van der Waals surface area contributed by atoms with E-state index in [0.717, 1.165) is 51.5 Å². The fraction of sp³-hybridized carbons (Fsp3) is 0.457. The van der Waals surface area contributed by atoms with E-state index in [9.17, 15) is 14.4 Å². The van der Waals surface area contributed by atoms with Crippen LogP contribution in [0, 0.1) is 23.7 Å². The van der Waals surface area contributed by atoms with Crippen molar-refractivity contribution in [1.82, 2.24) is 40.3 Å². The number of anilines is 1. The standard InChI is InChI=1S/C46H55N9O4S/c1-28(2)39(43(58)54-18-8-9-36(54)42(57)49-20-30-10-12-31(13-11-30)40-29(3)50-27-60-40)55-23-34(22-51-55)32-16-17-47-38(19-32)59-35-24-53(25-35)37-15-14-33(21-48-37)41(56)52-44-45(4,5)26-46(44,6)7/h10-17,19,21-23,27-28,35-36,39,44H,8-9,18,20,24-26H2,1-7H3,(H,49,57)(H,52,56)/t36-,39+/m0/s1. The predicted molar refractivity (Wildman–Crippen MR) is 233 cm³/mol. The van der Waals surface area contributed by atoms with Gasteiger partial charge in [0, 0.05) is 49.4 Å². The minimum Gasteiger partial charge on any atom is -0.471 e. The first kappa shape index (κ1) is 41.1. The number of pyridine rings is 2. The Labute approximate surface area is 356 Å². The van der Waals surface area contributed by atoms with Gasteiger partial charge in [0.25, 0.3) is 5.91 Å². The SMILES string of the molecule is Cc1ncsc1-c1ccc(CNC(=O)[C@@H]2CCCN2C(=O)[C@@H](C(C)C)n2cc(-c3ccnc(OC4CN(c5ccc(C(=O)NC6C(C)(C)CC6(C)C)cn5)C4)c3)cn2)cc1. The van der Waals surface area contributed by atoms with Gasteiger partial charge < -0.3 is 25.2 Å². The van der Waals surface area contributed by atoms with Crippen LogP contribution in [-0.2, 0) is 16.1 Å². The van der Waals surface area contributed by atoms with Crippen LogP contribution >= 0.6 is 11.3 Å². The molecule has 314 valence electrons. The van der Waals surface area contributed by atoms with E-state index >= 15 is 0 Å². The normalized spacial score (nSPS) is 19.1. The Kier molecular flexibility index (Phi) is 11.3. The number of nitrogens with zero attached hydrogens (tertiary/aromatic N) is 7. The molecule has 2 saturated heterocycles. The van der Waals surface area contributed by atoms with Crippen LogP contribution in [0.1, 0.15) is 88.5 Å². The maximum atomic E-state index is 14.2. The highest BCUT2D eigenvalue weighted by molar-refractivity contribution is 7.13. The van der Waals surface area contributed by atoms with E-state index in [1.165, 1.54) is 0 Å². The third-order valence-corrected chi connectivity index (χ3v) is 13.3. The van der Waals surface area contributed by atoms with Crippen molar-refractivity contribution in [3.8, 4) is 27.4 Å². The molecule has 1 saturated carbocycles. The summed E-state index contributed by atoms with van der Waals surface area (Å²) in [7, 11) is 0. The molecular weight excluding hydrogens is 775 g/mol. The molecule has 5 aromatic rings. The summed E-state index contributed by atoms with van der Waals surface area (Å²) in [6.07, 6.45) is 9.39. The monoisotopic (exact) mass is 829 g/mol. The molecule has 13 nitrogen and oxygen atoms in total. The minimum atomic E-state index is -0.576. The number of carbonyl (C=O) groups excluding carboxylic acids is 3. The number of rotatable bonds is 13. The summed E-state index contributed by atoms with van der Waals surface area (Å²) in [5.41, 5.74) is 7.36. The summed E-state index contributed by atoms with van der Waals surface area (Å²) in [5.74, 6) is 0.887. The van der Waals surface area contributed by atoms with Crippen LogP contribution in [0.5, 0.6) is 5.88 Å². The number of aromatic nitrogens is 5. The molecule has 4 aromatic heterocycles. The molecule has 8 rings (SSSR count). The van der Waals surface area contributed by atoms with Gasteiger partial charge in [-0.05, 0) is 77.8 Å². The first-order valence-electron chi connectivity index (χ1n) is 20.9. The largest absolute Gasteiger partial charge is 0.471 e. The third-order valence-electron chi connectivity index (χ3n) is 12.3. The number of ether oxygens (including phenoxy) is 1. The van der Waals surface area contributed by atoms with Crippen molar-refractivity contribution in [3.63, 3.8) is 0 Å². The highest BCUT2D eigenvalue weighted by Crippen LogP contribution is 2.53. The molecule has 2 aliphatic heterocycles. The second-order valence-electron chi connectivity index (χ2n) is 18.3. The zero-order valence-corrected chi connectivity index (χ0v) is 36.3. The molecule has 6 heterocycles. The Morgan fingerprint density at radius 3 is 2.37 bits per heavy atom. The Hall–Kier alpha value is -5.63. The Balaban J connectivity index is 0.847. The van der Waals surface area contributed by atoms with Crippen molar-refractivity contribution in [2.75, 3.05) is 24.5 Å². The molecule has 0 bridgehead atoms. The summed E-state index contributed by atoms with van der Waals surface area (Å²) in [4.78, 5) is 59.1. The van der Waals surface area contributed by atoms with Crippen LogP contribution in [0.4, 0.5) is 5.82 Å². The molecular formula is C46H55N9O4S. The lowest BCUT2D eigenvalue weighted by Gasteiger charge is -2.57. The highest BCUT2D eigenvalue weighted by Gasteiger charge is 2.53. The Bertz CT molecular complexity index is 2330. The maximum Gasteiger partial charge on any atom is 0.253 e. The highest BCUT2D eigenvalue weighted by atomic mass is 32.1. The molecule has 3 amide bonds. The van der Waals surface area contributed by atoms with Gasteiger partial charge in [-0.25, -0.2) is 15.0 Å². The summed E-state index contributed by atoms with van der Waals surface area (Å²) in [6.45, 7) is 17.0. The van der Waals surface area contributed by atoms with Crippen LogP contribution < -0.4 is 20.3 Å². The average molecular weight is 830 g/mol. The van der Waals surface area contributed by atoms with Gasteiger partial charge in [-0.3, -0.25) is 19.1 Å². The third kappa shape index (κ3) is 8.39. The molecule has 0 unspecified atom stereocenters. The Morgan fingerprint density at radius 2 is 1.70 bits per heavy atom. The van der Waals surface area contributed by atoms with Crippen molar-refractivity contribution >= 4 is 34.9 Å². The quantitative estimate of drug-likeness (QED) is 0.127. The van der Waals surface area contributed by atoms with Crippen LogP contribution in [0.3, 0.4) is 0 Å². The number of nitrogens with one attached hydrogen (secondary N) is 2. The topological polar surface area (TPSA) is 147 Å². The van der Waals surface area contributed by atoms with E-state index in [4.69, 9.17) is 4.74 Å². The molecule has 2 atom stereocenters.